The molecule has 0 aromatic carbocycles. The van der Waals surface area contributed by atoms with Crippen LogP contribution in [-0.4, -0.2) is 19.7 Å². The summed E-state index contributed by atoms with van der Waals surface area (Å²) in [7, 11) is 1.86. The summed E-state index contributed by atoms with van der Waals surface area (Å²) in [5, 5.41) is 10.2. The van der Waals surface area contributed by atoms with Gasteiger partial charge in [-0.25, -0.2) is 9.97 Å². The predicted molar refractivity (Wildman–Crippen MR) is 77.9 cm³/mol. The van der Waals surface area contributed by atoms with Crippen molar-refractivity contribution in [2.75, 3.05) is 5.32 Å². The van der Waals surface area contributed by atoms with E-state index in [-0.39, 0.29) is 0 Å². The average molecular weight is 266 g/mol. The number of rotatable bonds is 3. The van der Waals surface area contributed by atoms with Gasteiger partial charge in [-0.05, 0) is 18.2 Å². The Bertz CT molecular complexity index is 710. The van der Waals surface area contributed by atoms with Gasteiger partial charge in [-0.15, -0.1) is 0 Å². The van der Waals surface area contributed by atoms with Crippen LogP contribution in [0.2, 0.25) is 0 Å². The number of aryl methyl sites for hydroxylation is 1. The highest BCUT2D eigenvalue weighted by Crippen LogP contribution is 2.19. The van der Waals surface area contributed by atoms with Crippen molar-refractivity contribution in [2.45, 2.75) is 0 Å². The minimum absolute atomic E-state index is 0.532. The van der Waals surface area contributed by atoms with Crippen LogP contribution in [-0.2, 0) is 7.05 Å². The van der Waals surface area contributed by atoms with Gasteiger partial charge in [0.25, 0.3) is 0 Å². The molecular weight excluding hydrogens is 252 g/mol. The third kappa shape index (κ3) is 2.44. The molecule has 3 rings (SSSR count). The standard InChI is InChI=1S/C14H14N6/c1-10-9-11(3-6-15-10)12-4-7-16-14(18-12)19-13-5-8-17-20(13)2/h3-9,15H,1H2,2H3,(H,16,18,19). The molecule has 0 amide bonds. The molecule has 0 unspecified atom stereocenters. The van der Waals surface area contributed by atoms with Gasteiger partial charge < -0.3 is 10.6 Å². The molecule has 0 saturated heterocycles. The lowest BCUT2D eigenvalue weighted by Crippen LogP contribution is -2.07. The second-order valence-electron chi connectivity index (χ2n) is 4.33. The first-order valence-electron chi connectivity index (χ1n) is 6.14. The first-order chi connectivity index (χ1) is 9.72. The van der Waals surface area contributed by atoms with E-state index in [4.69, 9.17) is 0 Å². The van der Waals surface area contributed by atoms with E-state index in [2.05, 4.69) is 32.3 Å². The summed E-state index contributed by atoms with van der Waals surface area (Å²) < 4.78 is 1.72. The Kier molecular flexibility index (Phi) is 3.04. The van der Waals surface area contributed by atoms with Crippen LogP contribution >= 0.6 is 0 Å². The Labute approximate surface area is 116 Å². The maximum atomic E-state index is 4.50. The Hall–Kier alpha value is -2.89. The number of aromatic nitrogens is 4. The first-order valence-corrected chi connectivity index (χ1v) is 6.14. The second-order valence-corrected chi connectivity index (χ2v) is 4.33. The molecule has 20 heavy (non-hydrogen) atoms. The van der Waals surface area contributed by atoms with Gasteiger partial charge in [0.2, 0.25) is 5.95 Å². The number of nitrogens with one attached hydrogen (secondary N) is 2. The van der Waals surface area contributed by atoms with E-state index in [1.165, 1.54) is 0 Å². The van der Waals surface area contributed by atoms with Crippen molar-refractivity contribution < 1.29 is 0 Å². The van der Waals surface area contributed by atoms with Crippen molar-refractivity contribution in [2.24, 2.45) is 7.05 Å². The van der Waals surface area contributed by atoms with Gasteiger partial charge in [-0.3, -0.25) is 4.68 Å². The number of hydrogen-bond acceptors (Lipinski definition) is 5. The Balaban J connectivity index is 1.88. The molecule has 0 aliphatic carbocycles. The number of anilines is 2. The van der Waals surface area contributed by atoms with Crippen LogP contribution in [0.3, 0.4) is 0 Å². The monoisotopic (exact) mass is 266 g/mol. The highest BCUT2D eigenvalue weighted by Gasteiger charge is 2.07. The highest BCUT2D eigenvalue weighted by molar-refractivity contribution is 5.75. The predicted octanol–water partition coefficient (Wildman–Crippen LogP) is 1.97. The Morgan fingerprint density at radius 1 is 1.30 bits per heavy atom. The number of allylic oxidation sites excluding steroid dienone is 3. The smallest absolute Gasteiger partial charge is 0.228 e. The summed E-state index contributed by atoms with van der Waals surface area (Å²) in [6.45, 7) is 3.88. The van der Waals surface area contributed by atoms with Crippen molar-refractivity contribution >= 4 is 17.3 Å². The van der Waals surface area contributed by atoms with Crippen molar-refractivity contribution in [1.29, 1.82) is 0 Å². The minimum Gasteiger partial charge on any atom is -0.362 e. The summed E-state index contributed by atoms with van der Waals surface area (Å²) in [5.41, 5.74) is 2.66. The number of hydrogen-bond donors (Lipinski definition) is 2. The van der Waals surface area contributed by atoms with Crippen LogP contribution < -0.4 is 10.6 Å². The second kappa shape index (κ2) is 5.00. The van der Waals surface area contributed by atoms with Crippen LogP contribution in [0.25, 0.3) is 5.57 Å². The van der Waals surface area contributed by atoms with Crippen molar-refractivity contribution in [3.8, 4) is 0 Å². The minimum atomic E-state index is 0.532. The van der Waals surface area contributed by atoms with Gasteiger partial charge in [0.05, 0.1) is 11.9 Å². The fraction of sp³-hybridized carbons (Fsp3) is 0.0714. The lowest BCUT2D eigenvalue weighted by molar-refractivity contribution is 0.775. The van der Waals surface area contributed by atoms with Crippen LogP contribution in [0.1, 0.15) is 5.69 Å². The molecule has 2 aromatic rings. The number of nitrogens with zero attached hydrogens (tertiary/aromatic N) is 4. The maximum absolute atomic E-state index is 4.50. The van der Waals surface area contributed by atoms with Gasteiger partial charge in [0.1, 0.15) is 5.82 Å². The molecule has 0 atom stereocenters. The van der Waals surface area contributed by atoms with E-state index in [0.717, 1.165) is 22.8 Å². The van der Waals surface area contributed by atoms with E-state index >= 15 is 0 Å². The molecule has 3 heterocycles. The van der Waals surface area contributed by atoms with Crippen LogP contribution in [0.4, 0.5) is 11.8 Å². The Morgan fingerprint density at radius 3 is 2.95 bits per heavy atom. The first kappa shape index (κ1) is 12.2. The van der Waals surface area contributed by atoms with Gasteiger partial charge in [-0.2, -0.15) is 5.10 Å². The van der Waals surface area contributed by atoms with Gasteiger partial charge >= 0.3 is 0 Å². The Morgan fingerprint density at radius 2 is 2.20 bits per heavy atom. The molecule has 0 fully saturated rings. The zero-order valence-electron chi connectivity index (χ0n) is 11.0. The molecule has 1 aliphatic heterocycles. The zero-order valence-corrected chi connectivity index (χ0v) is 11.0. The third-order valence-electron chi connectivity index (χ3n) is 2.87. The summed E-state index contributed by atoms with van der Waals surface area (Å²) in [6, 6.07) is 3.73. The van der Waals surface area contributed by atoms with E-state index < -0.39 is 0 Å². The fourth-order valence-corrected chi connectivity index (χ4v) is 1.87. The summed E-state index contributed by atoms with van der Waals surface area (Å²) in [5.74, 6) is 1.37. The quantitative estimate of drug-likeness (QED) is 0.889. The molecule has 2 N–H and O–H groups in total. The average Bonchev–Trinajstić information content (AvgIpc) is 2.85. The van der Waals surface area contributed by atoms with E-state index in [0.29, 0.717) is 5.95 Å². The molecule has 1 aliphatic rings. The van der Waals surface area contributed by atoms with Crippen molar-refractivity contribution in [1.82, 2.24) is 25.1 Å². The van der Waals surface area contributed by atoms with Crippen LogP contribution in [0.5, 0.6) is 0 Å². The fourth-order valence-electron chi connectivity index (χ4n) is 1.87. The lowest BCUT2D eigenvalue weighted by atomic mass is 10.1. The van der Waals surface area contributed by atoms with E-state index in [1.807, 2.05) is 37.5 Å². The molecule has 2 aromatic heterocycles. The largest absolute Gasteiger partial charge is 0.362 e. The van der Waals surface area contributed by atoms with Crippen molar-refractivity contribution in [3.05, 3.63) is 60.8 Å². The van der Waals surface area contributed by atoms with E-state index in [1.54, 1.807) is 17.1 Å². The summed E-state index contributed by atoms with van der Waals surface area (Å²) in [4.78, 5) is 8.71. The normalized spacial score (nSPS) is 13.8. The van der Waals surface area contributed by atoms with E-state index in [9.17, 15) is 0 Å². The third-order valence-corrected chi connectivity index (χ3v) is 2.87. The molecule has 6 nitrogen and oxygen atoms in total. The molecule has 0 bridgehead atoms. The SMILES string of the molecule is C=C1C=C(c2ccnc(Nc3ccnn3C)n2)C=CN1. The number of dihydropyridines is 1. The van der Waals surface area contributed by atoms with Crippen LogP contribution in [0, 0.1) is 0 Å². The van der Waals surface area contributed by atoms with Crippen molar-refractivity contribution in [3.63, 3.8) is 0 Å². The summed E-state index contributed by atoms with van der Waals surface area (Å²) in [6.07, 6.45) is 9.17. The highest BCUT2D eigenvalue weighted by atomic mass is 15.3. The molecule has 0 saturated carbocycles. The zero-order chi connectivity index (χ0) is 13.9. The molecule has 0 radical (unpaired) electrons. The lowest BCUT2D eigenvalue weighted by Gasteiger charge is -2.11. The topological polar surface area (TPSA) is 67.7 Å². The molecular formula is C14H14N6. The molecule has 6 heteroatoms. The summed E-state index contributed by atoms with van der Waals surface area (Å²) >= 11 is 0. The van der Waals surface area contributed by atoms with Gasteiger partial charge in [0, 0.05) is 36.8 Å². The van der Waals surface area contributed by atoms with Crippen LogP contribution in [0.15, 0.2) is 55.2 Å². The maximum Gasteiger partial charge on any atom is 0.228 e. The molecule has 100 valence electrons. The van der Waals surface area contributed by atoms with Gasteiger partial charge in [-0.1, -0.05) is 6.58 Å². The van der Waals surface area contributed by atoms with Gasteiger partial charge in [0.15, 0.2) is 0 Å². The molecule has 0 spiro atoms.